The van der Waals surface area contributed by atoms with Crippen LogP contribution in [0.2, 0.25) is 5.02 Å². The molecule has 1 saturated heterocycles. The van der Waals surface area contributed by atoms with Crippen molar-refractivity contribution in [1.82, 2.24) is 4.31 Å². The maximum absolute atomic E-state index is 12.8. The van der Waals surface area contributed by atoms with Gasteiger partial charge in [-0.1, -0.05) is 24.9 Å². The molecular weight excluding hydrogens is 346 g/mol. The number of sulfonamides is 1. The predicted molar refractivity (Wildman–Crippen MR) is 87.2 cm³/mol. The second-order valence-electron chi connectivity index (χ2n) is 5.67. The molecule has 1 unspecified atom stereocenters. The number of nitrogens with zero attached hydrogens (tertiary/aromatic N) is 1. The lowest BCUT2D eigenvalue weighted by Crippen LogP contribution is -2.31. The van der Waals surface area contributed by atoms with E-state index in [0.29, 0.717) is 11.4 Å². The van der Waals surface area contributed by atoms with Crippen molar-refractivity contribution >= 4 is 31.5 Å². The Bertz CT molecular complexity index is 729. The maximum atomic E-state index is 12.8. The van der Waals surface area contributed by atoms with Gasteiger partial charge in [-0.2, -0.15) is 0 Å². The molecule has 124 valence electrons. The van der Waals surface area contributed by atoms with E-state index in [1.807, 2.05) is 6.92 Å². The van der Waals surface area contributed by atoms with E-state index in [0.717, 1.165) is 12.7 Å². The van der Waals surface area contributed by atoms with Crippen LogP contribution in [0.1, 0.15) is 19.8 Å². The first kappa shape index (κ1) is 17.7. The molecule has 1 heterocycles. The minimum atomic E-state index is -3.58. The Hall–Kier alpha value is -0.630. The number of halogens is 1. The van der Waals surface area contributed by atoms with Crippen LogP contribution in [0.4, 0.5) is 0 Å². The second-order valence-corrected chi connectivity index (χ2v) is 10.3. The fourth-order valence-electron chi connectivity index (χ4n) is 2.87. The maximum Gasteiger partial charge on any atom is 0.211 e. The lowest BCUT2D eigenvalue weighted by Gasteiger charge is -2.18. The molecule has 0 N–H and O–H groups in total. The Morgan fingerprint density at radius 2 is 1.73 bits per heavy atom. The summed E-state index contributed by atoms with van der Waals surface area (Å²) < 4.78 is 50.4. The van der Waals surface area contributed by atoms with Crippen molar-refractivity contribution in [3.05, 3.63) is 29.3 Å². The van der Waals surface area contributed by atoms with Crippen molar-refractivity contribution < 1.29 is 16.8 Å². The van der Waals surface area contributed by atoms with Crippen LogP contribution in [0.15, 0.2) is 29.2 Å². The van der Waals surface area contributed by atoms with Gasteiger partial charge in [-0.3, -0.25) is 0 Å². The highest BCUT2D eigenvalue weighted by molar-refractivity contribution is 7.92. The lowest BCUT2D eigenvalue weighted by atomic mass is 10.0. The Kier molecular flexibility index (Phi) is 5.21. The summed E-state index contributed by atoms with van der Waals surface area (Å²) in [7, 11) is -6.97. The molecule has 1 aliphatic rings. The zero-order valence-electron chi connectivity index (χ0n) is 12.6. The van der Waals surface area contributed by atoms with Crippen molar-refractivity contribution in [2.45, 2.75) is 29.9 Å². The van der Waals surface area contributed by atoms with Gasteiger partial charge < -0.3 is 0 Å². The zero-order chi connectivity index (χ0) is 16.5. The SMILES string of the molecule is CCC[C@@H]1CN(S(C)(=O)=O)CC1S(=O)(=O)c1ccc(Cl)cc1. The monoisotopic (exact) mass is 365 g/mol. The highest BCUT2D eigenvalue weighted by Gasteiger charge is 2.44. The summed E-state index contributed by atoms with van der Waals surface area (Å²) in [5, 5.41) is -0.239. The van der Waals surface area contributed by atoms with Crippen LogP contribution in [0.5, 0.6) is 0 Å². The molecule has 8 heteroatoms. The molecule has 0 saturated carbocycles. The topological polar surface area (TPSA) is 71.5 Å². The first-order chi connectivity index (χ1) is 10.2. The number of rotatable bonds is 5. The average Bonchev–Trinajstić information content (AvgIpc) is 2.84. The third-order valence-corrected chi connectivity index (χ3v) is 7.77. The largest absolute Gasteiger partial charge is 0.223 e. The molecule has 2 atom stereocenters. The van der Waals surface area contributed by atoms with E-state index in [4.69, 9.17) is 11.6 Å². The summed E-state index contributed by atoms with van der Waals surface area (Å²) >= 11 is 5.80. The number of hydrogen-bond donors (Lipinski definition) is 0. The third-order valence-electron chi connectivity index (χ3n) is 4.02. The molecule has 0 amide bonds. The molecule has 0 aliphatic carbocycles. The smallest absolute Gasteiger partial charge is 0.211 e. The van der Waals surface area contributed by atoms with Gasteiger partial charge in [-0.05, 0) is 36.6 Å². The van der Waals surface area contributed by atoms with Crippen molar-refractivity contribution in [2.24, 2.45) is 5.92 Å². The van der Waals surface area contributed by atoms with Gasteiger partial charge in [0, 0.05) is 18.1 Å². The van der Waals surface area contributed by atoms with Gasteiger partial charge in [0.25, 0.3) is 0 Å². The van der Waals surface area contributed by atoms with Crippen LogP contribution in [-0.2, 0) is 19.9 Å². The fraction of sp³-hybridized carbons (Fsp3) is 0.571. The third kappa shape index (κ3) is 3.64. The molecule has 2 rings (SSSR count). The van der Waals surface area contributed by atoms with Gasteiger partial charge in [-0.15, -0.1) is 0 Å². The summed E-state index contributed by atoms with van der Waals surface area (Å²) in [5.74, 6) is -0.180. The van der Waals surface area contributed by atoms with Crippen LogP contribution in [-0.4, -0.2) is 45.7 Å². The van der Waals surface area contributed by atoms with Crippen LogP contribution >= 0.6 is 11.6 Å². The van der Waals surface area contributed by atoms with Crippen LogP contribution < -0.4 is 0 Å². The summed E-state index contributed by atoms with van der Waals surface area (Å²) in [5.41, 5.74) is 0. The van der Waals surface area contributed by atoms with Crippen LogP contribution in [0, 0.1) is 5.92 Å². The minimum absolute atomic E-state index is 0.0223. The van der Waals surface area contributed by atoms with Crippen molar-refractivity contribution in [3.63, 3.8) is 0 Å². The molecule has 0 radical (unpaired) electrons. The quantitative estimate of drug-likeness (QED) is 0.801. The minimum Gasteiger partial charge on any atom is -0.223 e. The molecule has 1 aliphatic heterocycles. The summed E-state index contributed by atoms with van der Waals surface area (Å²) in [6.07, 6.45) is 2.62. The highest BCUT2D eigenvalue weighted by Crippen LogP contribution is 2.32. The molecule has 0 bridgehead atoms. The van der Waals surface area contributed by atoms with Gasteiger partial charge in [0.1, 0.15) is 0 Å². The molecule has 1 fully saturated rings. The molecule has 0 spiro atoms. The summed E-state index contributed by atoms with van der Waals surface area (Å²) in [6.45, 7) is 2.26. The average molecular weight is 366 g/mol. The summed E-state index contributed by atoms with van der Waals surface area (Å²) in [4.78, 5) is 0.193. The molecule has 0 aromatic heterocycles. The number of sulfone groups is 1. The van der Waals surface area contributed by atoms with E-state index in [1.165, 1.54) is 28.6 Å². The first-order valence-electron chi connectivity index (χ1n) is 7.11. The van der Waals surface area contributed by atoms with Gasteiger partial charge >= 0.3 is 0 Å². The van der Waals surface area contributed by atoms with Gasteiger partial charge in [0.2, 0.25) is 10.0 Å². The Balaban J connectivity index is 2.37. The van der Waals surface area contributed by atoms with E-state index in [2.05, 4.69) is 0 Å². The van der Waals surface area contributed by atoms with Gasteiger partial charge in [0.15, 0.2) is 9.84 Å². The number of hydrogen-bond acceptors (Lipinski definition) is 4. The summed E-state index contributed by atoms with van der Waals surface area (Å²) in [6, 6.07) is 6.02. The highest BCUT2D eigenvalue weighted by atomic mass is 35.5. The van der Waals surface area contributed by atoms with Crippen LogP contribution in [0.25, 0.3) is 0 Å². The lowest BCUT2D eigenvalue weighted by molar-refractivity contribution is 0.447. The second kappa shape index (κ2) is 6.47. The molecule has 22 heavy (non-hydrogen) atoms. The Labute approximate surface area is 137 Å². The predicted octanol–water partition coefficient (Wildman–Crippen LogP) is 2.17. The normalized spacial score (nSPS) is 23.8. The Morgan fingerprint density at radius 1 is 1.14 bits per heavy atom. The zero-order valence-corrected chi connectivity index (χ0v) is 15.0. The van der Waals surface area contributed by atoms with Gasteiger partial charge in [-0.25, -0.2) is 21.1 Å². The fourth-order valence-corrected chi connectivity index (χ4v) is 5.96. The standard InChI is InChI=1S/C14H20ClNO4S2/c1-3-4-11-9-16(21(2,17)18)10-14(11)22(19,20)13-7-5-12(15)6-8-13/h5-8,11,14H,3-4,9-10H2,1-2H3/t11-,14?/m1/s1. The van der Waals surface area contributed by atoms with E-state index in [-0.39, 0.29) is 23.9 Å². The van der Waals surface area contributed by atoms with E-state index < -0.39 is 25.1 Å². The van der Waals surface area contributed by atoms with Crippen LogP contribution in [0.3, 0.4) is 0 Å². The van der Waals surface area contributed by atoms with Crippen molar-refractivity contribution in [3.8, 4) is 0 Å². The molecule has 1 aromatic rings. The molecular formula is C14H20ClNO4S2. The Morgan fingerprint density at radius 3 is 2.23 bits per heavy atom. The van der Waals surface area contributed by atoms with E-state index >= 15 is 0 Å². The van der Waals surface area contributed by atoms with Crippen molar-refractivity contribution in [2.75, 3.05) is 19.3 Å². The van der Waals surface area contributed by atoms with Gasteiger partial charge in [0.05, 0.1) is 16.4 Å². The number of benzene rings is 1. The molecule has 5 nitrogen and oxygen atoms in total. The van der Waals surface area contributed by atoms with Crippen molar-refractivity contribution in [1.29, 1.82) is 0 Å². The molecule has 1 aromatic carbocycles. The van der Waals surface area contributed by atoms with E-state index in [9.17, 15) is 16.8 Å². The first-order valence-corrected chi connectivity index (χ1v) is 10.9. The van der Waals surface area contributed by atoms with E-state index in [1.54, 1.807) is 0 Å².